The highest BCUT2D eigenvalue weighted by molar-refractivity contribution is 5.93. The van der Waals surface area contributed by atoms with E-state index in [1.54, 1.807) is 12.0 Å². The quantitative estimate of drug-likeness (QED) is 0.174. The zero-order chi connectivity index (χ0) is 31.0. The van der Waals surface area contributed by atoms with Crippen LogP contribution in [0.5, 0.6) is 0 Å². The van der Waals surface area contributed by atoms with E-state index in [2.05, 4.69) is 10.3 Å². The maximum atomic E-state index is 13.8. The molecule has 43 heavy (non-hydrogen) atoms. The first kappa shape index (κ1) is 31.6. The molecule has 228 valence electrons. The third-order valence-electron chi connectivity index (χ3n) is 7.35. The van der Waals surface area contributed by atoms with Gasteiger partial charge in [-0.3, -0.25) is 4.79 Å². The predicted molar refractivity (Wildman–Crippen MR) is 162 cm³/mol. The van der Waals surface area contributed by atoms with E-state index in [0.717, 1.165) is 39.7 Å². The van der Waals surface area contributed by atoms with Crippen molar-refractivity contribution in [1.29, 1.82) is 0 Å². The van der Waals surface area contributed by atoms with Crippen LogP contribution in [0.3, 0.4) is 0 Å². The van der Waals surface area contributed by atoms with Crippen molar-refractivity contribution in [2.45, 2.75) is 39.4 Å². The number of aromatic amines is 1. The highest BCUT2D eigenvalue weighted by atomic mass is 19.4. The first-order valence-electron chi connectivity index (χ1n) is 14.2. The van der Waals surface area contributed by atoms with Crippen molar-refractivity contribution in [2.24, 2.45) is 0 Å². The molecular formula is C33H37F3N4O3. The van der Waals surface area contributed by atoms with Gasteiger partial charge in [-0.15, -0.1) is 0 Å². The predicted octanol–water partition coefficient (Wildman–Crippen LogP) is 6.95. The number of benzene rings is 3. The number of nitrogens with zero attached hydrogens (tertiary/aromatic N) is 2. The van der Waals surface area contributed by atoms with Gasteiger partial charge < -0.3 is 24.8 Å². The Bertz CT molecular complexity index is 1530. The lowest BCUT2D eigenvalue weighted by Gasteiger charge is -2.28. The van der Waals surface area contributed by atoms with Crippen molar-refractivity contribution in [2.75, 3.05) is 38.7 Å². The summed E-state index contributed by atoms with van der Waals surface area (Å²) >= 11 is 0. The third-order valence-corrected chi connectivity index (χ3v) is 7.35. The fourth-order valence-corrected chi connectivity index (χ4v) is 4.97. The molecule has 0 aliphatic heterocycles. The largest absolute Gasteiger partial charge is 0.416 e. The molecule has 7 nitrogen and oxygen atoms in total. The van der Waals surface area contributed by atoms with Gasteiger partial charge in [0, 0.05) is 56.1 Å². The standard InChI is InChI=1S/C33H37F3N4O3/c1-23-9-14-29(24(2)19-23)38-32(42)40(16-6-18-43-3)22-31(41)39(21-25-10-12-27(13-11-25)33(34,35)36)17-15-26-20-37-30-8-5-4-7-28(26)30/h4-5,7-14,19-20,37H,6,15-18,21-22H2,1-3H3,(H,38,42). The van der Waals surface area contributed by atoms with Crippen LogP contribution in [-0.4, -0.2) is 60.1 Å². The highest BCUT2D eigenvalue weighted by Crippen LogP contribution is 2.29. The Kier molecular flexibility index (Phi) is 10.5. The van der Waals surface area contributed by atoms with Gasteiger partial charge in [-0.05, 0) is 67.6 Å². The lowest BCUT2D eigenvalue weighted by Crippen LogP contribution is -2.45. The number of ether oxygens (including phenoxy) is 1. The van der Waals surface area contributed by atoms with Gasteiger partial charge in [0.1, 0.15) is 6.54 Å². The lowest BCUT2D eigenvalue weighted by atomic mass is 10.1. The second kappa shape index (κ2) is 14.2. The number of fused-ring (bicyclic) bond motifs is 1. The molecule has 0 bridgehead atoms. The zero-order valence-corrected chi connectivity index (χ0v) is 24.6. The molecule has 0 radical (unpaired) electrons. The molecule has 0 fully saturated rings. The second-order valence-electron chi connectivity index (χ2n) is 10.6. The first-order chi connectivity index (χ1) is 20.5. The van der Waals surface area contributed by atoms with Crippen LogP contribution in [0.4, 0.5) is 23.7 Å². The molecule has 4 rings (SSSR count). The number of halogens is 3. The first-order valence-corrected chi connectivity index (χ1v) is 14.2. The summed E-state index contributed by atoms with van der Waals surface area (Å²) < 4.78 is 44.6. The molecule has 0 saturated carbocycles. The average Bonchev–Trinajstić information content (AvgIpc) is 3.39. The fraction of sp³-hybridized carbons (Fsp3) is 0.333. The maximum Gasteiger partial charge on any atom is 0.416 e. The number of nitrogens with one attached hydrogen (secondary N) is 2. The van der Waals surface area contributed by atoms with Crippen LogP contribution in [0.2, 0.25) is 0 Å². The van der Waals surface area contributed by atoms with Gasteiger partial charge in [-0.25, -0.2) is 4.79 Å². The molecular weight excluding hydrogens is 557 g/mol. The van der Waals surface area contributed by atoms with E-state index < -0.39 is 17.8 Å². The Morgan fingerprint density at radius 3 is 2.40 bits per heavy atom. The van der Waals surface area contributed by atoms with E-state index in [1.165, 1.54) is 17.0 Å². The monoisotopic (exact) mass is 594 g/mol. The number of hydrogen-bond acceptors (Lipinski definition) is 3. The summed E-state index contributed by atoms with van der Waals surface area (Å²) in [7, 11) is 1.57. The molecule has 0 atom stereocenters. The van der Waals surface area contributed by atoms with Crippen LogP contribution in [-0.2, 0) is 28.7 Å². The minimum absolute atomic E-state index is 0.101. The normalized spacial score (nSPS) is 11.5. The molecule has 0 saturated heterocycles. The Balaban J connectivity index is 1.54. The van der Waals surface area contributed by atoms with Crippen LogP contribution >= 0.6 is 0 Å². The number of aryl methyl sites for hydroxylation is 2. The van der Waals surface area contributed by atoms with Crippen LogP contribution in [0.1, 0.15) is 34.2 Å². The summed E-state index contributed by atoms with van der Waals surface area (Å²) in [5.41, 5.74) is 4.43. The van der Waals surface area contributed by atoms with Gasteiger partial charge in [-0.2, -0.15) is 13.2 Å². The van der Waals surface area contributed by atoms with Crippen molar-refractivity contribution in [3.63, 3.8) is 0 Å². The second-order valence-corrected chi connectivity index (χ2v) is 10.6. The van der Waals surface area contributed by atoms with E-state index in [9.17, 15) is 22.8 Å². The van der Waals surface area contributed by atoms with Crippen LogP contribution < -0.4 is 5.32 Å². The Hall–Kier alpha value is -4.31. The molecule has 10 heteroatoms. The van der Waals surface area contributed by atoms with Crippen LogP contribution in [0.15, 0.2) is 72.9 Å². The zero-order valence-electron chi connectivity index (χ0n) is 24.6. The number of aromatic nitrogens is 1. The van der Waals surface area contributed by atoms with Gasteiger partial charge in [0.15, 0.2) is 0 Å². The van der Waals surface area contributed by atoms with Crippen molar-refractivity contribution in [3.8, 4) is 0 Å². The van der Waals surface area contributed by atoms with E-state index in [4.69, 9.17) is 4.74 Å². The summed E-state index contributed by atoms with van der Waals surface area (Å²) in [5.74, 6) is -0.312. The number of hydrogen-bond donors (Lipinski definition) is 2. The minimum Gasteiger partial charge on any atom is -0.385 e. The topological polar surface area (TPSA) is 77.7 Å². The SMILES string of the molecule is COCCCN(CC(=O)N(CCc1c[nH]c2ccccc12)Cc1ccc(C(F)(F)F)cc1)C(=O)Nc1ccc(C)cc1C. The molecule has 0 aliphatic rings. The van der Waals surface area contributed by atoms with Crippen LogP contribution in [0.25, 0.3) is 10.9 Å². The number of carbonyl (C=O) groups excluding carboxylic acids is 2. The van der Waals surface area contributed by atoms with Gasteiger partial charge in [0.2, 0.25) is 5.91 Å². The Morgan fingerprint density at radius 1 is 0.953 bits per heavy atom. The number of para-hydroxylation sites is 1. The van der Waals surface area contributed by atoms with Crippen LogP contribution in [0, 0.1) is 13.8 Å². The molecule has 0 aliphatic carbocycles. The number of rotatable bonds is 12. The number of alkyl halides is 3. The smallest absolute Gasteiger partial charge is 0.385 e. The summed E-state index contributed by atoms with van der Waals surface area (Å²) in [6.07, 6.45) is -1.50. The number of anilines is 1. The molecule has 2 N–H and O–H groups in total. The molecule has 3 aromatic carbocycles. The molecule has 1 aromatic heterocycles. The Morgan fingerprint density at radius 2 is 1.70 bits per heavy atom. The molecule has 3 amide bonds. The number of methoxy groups -OCH3 is 1. The third kappa shape index (κ3) is 8.61. The van der Waals surface area contributed by atoms with E-state index in [-0.39, 0.29) is 25.5 Å². The number of urea groups is 1. The highest BCUT2D eigenvalue weighted by Gasteiger charge is 2.30. The molecule has 0 unspecified atom stereocenters. The average molecular weight is 595 g/mol. The fourth-order valence-electron chi connectivity index (χ4n) is 4.97. The van der Waals surface area contributed by atoms with Gasteiger partial charge >= 0.3 is 12.2 Å². The lowest BCUT2D eigenvalue weighted by molar-refractivity contribution is -0.137. The van der Waals surface area contributed by atoms with Crippen molar-refractivity contribution < 1.29 is 27.5 Å². The van der Waals surface area contributed by atoms with Gasteiger partial charge in [0.25, 0.3) is 0 Å². The van der Waals surface area contributed by atoms with E-state index in [0.29, 0.717) is 37.2 Å². The van der Waals surface area contributed by atoms with Crippen molar-refractivity contribution in [1.82, 2.24) is 14.8 Å². The number of amides is 3. The minimum atomic E-state index is -4.45. The van der Waals surface area contributed by atoms with E-state index in [1.807, 2.05) is 62.5 Å². The summed E-state index contributed by atoms with van der Waals surface area (Å²) in [6, 6.07) is 17.9. The molecule has 1 heterocycles. The van der Waals surface area contributed by atoms with Gasteiger partial charge in [-0.1, -0.05) is 48.0 Å². The molecule has 0 spiro atoms. The van der Waals surface area contributed by atoms with Gasteiger partial charge in [0.05, 0.1) is 5.56 Å². The Labute approximate surface area is 249 Å². The number of H-pyrrole nitrogens is 1. The summed E-state index contributed by atoms with van der Waals surface area (Å²) in [5, 5.41) is 3.96. The maximum absolute atomic E-state index is 13.8. The van der Waals surface area contributed by atoms with E-state index >= 15 is 0 Å². The summed E-state index contributed by atoms with van der Waals surface area (Å²) in [6.45, 7) is 4.78. The number of carbonyl (C=O) groups is 2. The van der Waals surface area contributed by atoms with Crippen molar-refractivity contribution in [3.05, 3.63) is 101 Å². The molecule has 4 aromatic rings. The summed E-state index contributed by atoms with van der Waals surface area (Å²) in [4.78, 5) is 33.5. The van der Waals surface area contributed by atoms with Crippen molar-refractivity contribution >= 4 is 28.5 Å².